The van der Waals surface area contributed by atoms with Crippen LogP contribution in [0.5, 0.6) is 0 Å². The van der Waals surface area contributed by atoms with E-state index >= 15 is 0 Å². The van der Waals surface area contributed by atoms with Crippen molar-refractivity contribution in [2.75, 3.05) is 0 Å². The third kappa shape index (κ3) is 2.42. The van der Waals surface area contributed by atoms with Crippen molar-refractivity contribution in [3.8, 4) is 0 Å². The molecule has 1 N–H and O–H groups in total. The van der Waals surface area contributed by atoms with Crippen molar-refractivity contribution in [2.24, 2.45) is 0 Å². The summed E-state index contributed by atoms with van der Waals surface area (Å²) in [5.74, 6) is 0. The summed E-state index contributed by atoms with van der Waals surface area (Å²) in [6.07, 6.45) is 3.43. The summed E-state index contributed by atoms with van der Waals surface area (Å²) in [4.78, 5) is 4.07. The van der Waals surface area contributed by atoms with E-state index in [2.05, 4.69) is 18.0 Å². The lowest BCUT2D eigenvalue weighted by atomic mass is 9.78. The average molecular weight is 289 g/mol. The lowest BCUT2D eigenvalue weighted by Crippen LogP contribution is -2.29. The fourth-order valence-electron chi connectivity index (χ4n) is 2.97. The molecule has 1 unspecified atom stereocenters. The van der Waals surface area contributed by atoms with Gasteiger partial charge < -0.3 is 5.11 Å². The van der Waals surface area contributed by atoms with E-state index in [1.165, 1.54) is 5.56 Å². The molecular weight excluding hydrogens is 270 g/mol. The molecule has 0 amide bonds. The van der Waals surface area contributed by atoms with Crippen molar-refractivity contribution >= 4 is 0 Å². The van der Waals surface area contributed by atoms with Gasteiger partial charge in [0.2, 0.25) is 0 Å². The van der Waals surface area contributed by atoms with E-state index < -0.39 is 5.60 Å². The van der Waals surface area contributed by atoms with Crippen LogP contribution >= 0.6 is 0 Å². The van der Waals surface area contributed by atoms with E-state index in [1.807, 2.05) is 61.5 Å². The molecule has 3 rings (SSSR count). The second-order valence-electron chi connectivity index (χ2n) is 5.63. The third-order valence-corrected chi connectivity index (χ3v) is 4.06. The van der Waals surface area contributed by atoms with Gasteiger partial charge in [0.25, 0.3) is 0 Å². The van der Waals surface area contributed by atoms with Crippen LogP contribution in [0.25, 0.3) is 0 Å². The summed E-state index contributed by atoms with van der Waals surface area (Å²) in [7, 11) is 0. The van der Waals surface area contributed by atoms with E-state index in [0.29, 0.717) is 0 Å². The van der Waals surface area contributed by atoms with E-state index in [9.17, 15) is 5.11 Å². The van der Waals surface area contributed by atoms with Crippen molar-refractivity contribution < 1.29 is 5.11 Å². The van der Waals surface area contributed by atoms with Gasteiger partial charge in [0.15, 0.2) is 0 Å². The van der Waals surface area contributed by atoms with Crippen LogP contribution in [0.3, 0.4) is 0 Å². The highest BCUT2D eigenvalue weighted by molar-refractivity contribution is 5.49. The van der Waals surface area contributed by atoms with E-state index in [0.717, 1.165) is 22.3 Å². The lowest BCUT2D eigenvalue weighted by molar-refractivity contribution is 0.125. The fourth-order valence-corrected chi connectivity index (χ4v) is 2.97. The lowest BCUT2D eigenvalue weighted by Gasteiger charge is -2.31. The van der Waals surface area contributed by atoms with Crippen molar-refractivity contribution in [3.05, 3.63) is 101 Å². The van der Waals surface area contributed by atoms with Crippen molar-refractivity contribution in [2.45, 2.75) is 19.4 Å². The van der Waals surface area contributed by atoms with Crippen LogP contribution in [-0.2, 0) is 5.60 Å². The minimum atomic E-state index is -1.18. The number of hydrogen-bond donors (Lipinski definition) is 1. The molecule has 110 valence electrons. The highest BCUT2D eigenvalue weighted by Crippen LogP contribution is 2.38. The molecule has 0 radical (unpaired) electrons. The van der Waals surface area contributed by atoms with Crippen LogP contribution in [0, 0.1) is 13.8 Å². The molecule has 0 aliphatic rings. The zero-order valence-corrected chi connectivity index (χ0v) is 12.8. The molecule has 1 aromatic heterocycles. The van der Waals surface area contributed by atoms with Gasteiger partial charge in [-0.3, -0.25) is 4.98 Å². The molecule has 0 saturated carbocycles. The van der Waals surface area contributed by atoms with Gasteiger partial charge in [-0.15, -0.1) is 0 Å². The Kier molecular flexibility index (Phi) is 3.78. The first-order valence-corrected chi connectivity index (χ1v) is 7.38. The Balaban J connectivity index is 2.28. The number of benzene rings is 2. The molecular formula is C20H19NO. The smallest absolute Gasteiger partial charge is 0.140 e. The number of pyridine rings is 1. The third-order valence-electron chi connectivity index (χ3n) is 4.06. The van der Waals surface area contributed by atoms with Gasteiger partial charge in [0, 0.05) is 12.4 Å². The second kappa shape index (κ2) is 5.74. The molecule has 2 aromatic carbocycles. The summed E-state index contributed by atoms with van der Waals surface area (Å²) < 4.78 is 0. The number of rotatable bonds is 3. The van der Waals surface area contributed by atoms with Gasteiger partial charge in [0.1, 0.15) is 5.60 Å². The molecule has 0 saturated heterocycles. The molecule has 0 spiro atoms. The minimum Gasteiger partial charge on any atom is -0.376 e. The van der Waals surface area contributed by atoms with E-state index in [4.69, 9.17) is 0 Å². The second-order valence-corrected chi connectivity index (χ2v) is 5.63. The Hall–Kier alpha value is -2.45. The highest BCUT2D eigenvalue weighted by atomic mass is 16.3. The number of aromatic nitrogens is 1. The number of aryl methyl sites for hydroxylation is 2. The van der Waals surface area contributed by atoms with Crippen LogP contribution < -0.4 is 0 Å². The molecule has 1 atom stereocenters. The largest absolute Gasteiger partial charge is 0.376 e. The van der Waals surface area contributed by atoms with Crippen LogP contribution in [0.4, 0.5) is 0 Å². The molecule has 22 heavy (non-hydrogen) atoms. The maximum atomic E-state index is 11.7. The topological polar surface area (TPSA) is 33.1 Å². The Morgan fingerprint density at radius 3 is 2.09 bits per heavy atom. The van der Waals surface area contributed by atoms with Gasteiger partial charge in [0.05, 0.1) is 0 Å². The first-order chi connectivity index (χ1) is 10.6. The number of aliphatic hydroxyl groups is 1. The van der Waals surface area contributed by atoms with E-state index in [-0.39, 0.29) is 0 Å². The SMILES string of the molecule is Cc1ccc(C(O)(c2ccccc2)c2ccncc2)c(C)c1. The normalized spacial score (nSPS) is 13.6. The molecule has 2 heteroatoms. The average Bonchev–Trinajstić information content (AvgIpc) is 2.56. The first kappa shape index (κ1) is 14.5. The van der Waals surface area contributed by atoms with Crippen molar-refractivity contribution in [3.63, 3.8) is 0 Å². The predicted molar refractivity (Wildman–Crippen MR) is 88.7 cm³/mol. The molecule has 3 aromatic rings. The van der Waals surface area contributed by atoms with Crippen LogP contribution in [-0.4, -0.2) is 10.1 Å². The zero-order chi connectivity index (χ0) is 15.6. The quantitative estimate of drug-likeness (QED) is 0.791. The van der Waals surface area contributed by atoms with E-state index in [1.54, 1.807) is 12.4 Å². The minimum absolute atomic E-state index is 0.820. The monoisotopic (exact) mass is 289 g/mol. The highest BCUT2D eigenvalue weighted by Gasteiger charge is 2.34. The Bertz CT molecular complexity index is 727. The van der Waals surface area contributed by atoms with Crippen LogP contribution in [0.2, 0.25) is 0 Å². The molecule has 0 aliphatic heterocycles. The maximum absolute atomic E-state index is 11.7. The maximum Gasteiger partial charge on any atom is 0.140 e. The number of hydrogen-bond acceptors (Lipinski definition) is 2. The Labute approximate surface area is 131 Å². The zero-order valence-electron chi connectivity index (χ0n) is 12.8. The van der Waals surface area contributed by atoms with Crippen LogP contribution in [0.15, 0.2) is 73.1 Å². The summed E-state index contributed by atoms with van der Waals surface area (Å²) in [6.45, 7) is 4.10. The molecule has 0 aliphatic carbocycles. The summed E-state index contributed by atoms with van der Waals surface area (Å²) in [6, 6.07) is 19.7. The Morgan fingerprint density at radius 2 is 1.45 bits per heavy atom. The van der Waals surface area contributed by atoms with Crippen LogP contribution in [0.1, 0.15) is 27.8 Å². The Morgan fingerprint density at radius 1 is 0.818 bits per heavy atom. The standard InChI is InChI=1S/C20H19NO/c1-15-8-9-19(16(2)14-15)20(22,17-6-4-3-5-7-17)18-10-12-21-13-11-18/h3-14,22H,1-2H3. The first-order valence-electron chi connectivity index (χ1n) is 7.38. The van der Waals surface area contributed by atoms with Crippen molar-refractivity contribution in [1.29, 1.82) is 0 Å². The molecule has 2 nitrogen and oxygen atoms in total. The molecule has 0 fully saturated rings. The van der Waals surface area contributed by atoms with Gasteiger partial charge in [-0.05, 0) is 48.2 Å². The summed E-state index contributed by atoms with van der Waals surface area (Å²) in [5.41, 5.74) is 3.65. The van der Waals surface area contributed by atoms with Crippen molar-refractivity contribution in [1.82, 2.24) is 4.98 Å². The fraction of sp³-hybridized carbons (Fsp3) is 0.150. The van der Waals surface area contributed by atoms with Gasteiger partial charge >= 0.3 is 0 Å². The van der Waals surface area contributed by atoms with Gasteiger partial charge in [-0.2, -0.15) is 0 Å². The molecule has 1 heterocycles. The summed E-state index contributed by atoms with van der Waals surface area (Å²) in [5, 5.41) is 11.7. The predicted octanol–water partition coefficient (Wildman–Crippen LogP) is 3.98. The molecule has 0 bridgehead atoms. The van der Waals surface area contributed by atoms with Gasteiger partial charge in [-0.1, -0.05) is 54.1 Å². The summed E-state index contributed by atoms with van der Waals surface area (Å²) >= 11 is 0. The van der Waals surface area contributed by atoms with Gasteiger partial charge in [-0.25, -0.2) is 0 Å². The number of nitrogens with zero attached hydrogens (tertiary/aromatic N) is 1.